The number of carboxylic acid groups (broad SMARTS) is 1. The summed E-state index contributed by atoms with van der Waals surface area (Å²) in [6, 6.07) is 19.8. The minimum atomic E-state index is -1.07. The summed E-state index contributed by atoms with van der Waals surface area (Å²) in [5.74, 6) is 5.19. The van der Waals surface area contributed by atoms with Crippen LogP contribution in [0.15, 0.2) is 60.7 Å². The maximum absolute atomic E-state index is 10.7. The summed E-state index contributed by atoms with van der Waals surface area (Å²) >= 11 is 0. The molecule has 0 saturated carbocycles. The topological polar surface area (TPSA) is 82.5 Å². The molecule has 0 aliphatic heterocycles. The molecule has 0 spiro atoms. The van der Waals surface area contributed by atoms with Crippen LogP contribution in [0.1, 0.15) is 49.3 Å². The Kier molecular flexibility index (Phi) is 11.3. The predicted molar refractivity (Wildman–Crippen MR) is 118 cm³/mol. The van der Waals surface area contributed by atoms with Gasteiger partial charge in [-0.25, -0.2) is 4.98 Å². The molecular weight excluding hydrogens is 413 g/mol. The quantitative estimate of drug-likeness (QED) is 0.284. The van der Waals surface area contributed by atoms with Gasteiger partial charge >= 0.3 is 29.6 Å². The average molecular weight is 439 g/mol. The number of fused-ring (bicyclic) bond motifs is 1. The van der Waals surface area contributed by atoms with E-state index in [9.17, 15) is 15.0 Å². The molecule has 3 aromatic rings. The van der Waals surface area contributed by atoms with Crippen molar-refractivity contribution in [1.29, 1.82) is 0 Å². The van der Waals surface area contributed by atoms with Crippen LogP contribution in [0.25, 0.3) is 10.9 Å². The molecule has 0 aliphatic carbocycles. The zero-order valence-electron chi connectivity index (χ0n) is 18.4. The first-order valence-electron chi connectivity index (χ1n) is 10.5. The fraction of sp³-hybridized carbons (Fsp3) is 0.308. The van der Waals surface area contributed by atoms with E-state index in [0.717, 1.165) is 23.7 Å². The molecule has 0 aliphatic rings. The van der Waals surface area contributed by atoms with Crippen LogP contribution in [0, 0.1) is 11.8 Å². The number of ether oxygens (including phenoxy) is 1. The van der Waals surface area contributed by atoms with E-state index >= 15 is 0 Å². The molecule has 6 heteroatoms. The van der Waals surface area contributed by atoms with Crippen molar-refractivity contribution in [2.75, 3.05) is 6.61 Å². The van der Waals surface area contributed by atoms with E-state index in [1.54, 1.807) is 0 Å². The molecule has 0 bridgehead atoms. The van der Waals surface area contributed by atoms with E-state index in [2.05, 4.69) is 29.0 Å². The number of aromatic nitrogens is 1. The van der Waals surface area contributed by atoms with E-state index in [-0.39, 0.29) is 42.4 Å². The monoisotopic (exact) mass is 439 g/mol. The number of carbonyl (C=O) groups excluding carboxylic acids is 1. The van der Waals surface area contributed by atoms with Gasteiger partial charge in [-0.2, -0.15) is 0 Å². The number of pyridine rings is 1. The van der Waals surface area contributed by atoms with Gasteiger partial charge in [0, 0.05) is 29.8 Å². The number of aliphatic carboxylic acids is 1. The Morgan fingerprint density at radius 3 is 2.59 bits per heavy atom. The van der Waals surface area contributed by atoms with Crippen molar-refractivity contribution in [2.24, 2.45) is 0 Å². The number of aliphatic hydroxyl groups is 1. The Morgan fingerprint density at radius 1 is 1.06 bits per heavy atom. The Bertz CT molecular complexity index is 1060. The van der Waals surface area contributed by atoms with Gasteiger partial charge in [0.05, 0.1) is 18.2 Å². The van der Waals surface area contributed by atoms with Gasteiger partial charge < -0.3 is 19.7 Å². The SMILES string of the molecule is O=C([O-])CCCC#CCC(O)c1cc2ccccc2nc1OCCCc1ccccc1.[Na+]. The van der Waals surface area contributed by atoms with E-state index in [4.69, 9.17) is 4.74 Å². The number of carboxylic acids is 1. The van der Waals surface area contributed by atoms with Crippen LogP contribution in [0.2, 0.25) is 0 Å². The molecule has 0 radical (unpaired) electrons. The fourth-order valence-electron chi connectivity index (χ4n) is 3.25. The summed E-state index contributed by atoms with van der Waals surface area (Å²) in [6.45, 7) is 0.495. The molecule has 0 amide bonds. The molecular formula is C26H26NNaO4. The van der Waals surface area contributed by atoms with Crippen LogP contribution in [-0.4, -0.2) is 22.7 Å². The number of hydrogen-bond acceptors (Lipinski definition) is 5. The number of benzene rings is 2. The largest absolute Gasteiger partial charge is 1.00 e. The summed E-state index contributed by atoms with van der Waals surface area (Å²) in [4.78, 5) is 15.1. The summed E-state index contributed by atoms with van der Waals surface area (Å²) in [5.41, 5.74) is 2.68. The zero-order valence-corrected chi connectivity index (χ0v) is 20.4. The van der Waals surface area contributed by atoms with Crippen LogP contribution in [-0.2, 0) is 11.2 Å². The fourth-order valence-corrected chi connectivity index (χ4v) is 3.25. The van der Waals surface area contributed by atoms with Crippen molar-refractivity contribution in [1.82, 2.24) is 4.98 Å². The molecule has 5 nitrogen and oxygen atoms in total. The molecule has 3 rings (SSSR count). The first kappa shape index (κ1) is 25.9. The molecule has 1 aromatic heterocycles. The van der Waals surface area contributed by atoms with Gasteiger partial charge in [0.15, 0.2) is 0 Å². The average Bonchev–Trinajstić information content (AvgIpc) is 2.79. The molecule has 160 valence electrons. The zero-order chi connectivity index (χ0) is 21.9. The molecule has 0 saturated heterocycles. The van der Waals surface area contributed by atoms with Gasteiger partial charge in [0.1, 0.15) is 0 Å². The Morgan fingerprint density at radius 2 is 1.81 bits per heavy atom. The van der Waals surface area contributed by atoms with E-state index in [0.29, 0.717) is 30.9 Å². The van der Waals surface area contributed by atoms with Gasteiger partial charge in [-0.3, -0.25) is 0 Å². The molecule has 32 heavy (non-hydrogen) atoms. The van der Waals surface area contributed by atoms with Crippen molar-refractivity contribution in [3.8, 4) is 17.7 Å². The molecule has 2 aromatic carbocycles. The maximum atomic E-state index is 10.7. The van der Waals surface area contributed by atoms with Crippen LogP contribution in [0.5, 0.6) is 5.88 Å². The molecule has 1 N–H and O–H groups in total. The van der Waals surface area contributed by atoms with Crippen LogP contribution in [0.4, 0.5) is 0 Å². The minimum Gasteiger partial charge on any atom is -0.550 e. The van der Waals surface area contributed by atoms with Crippen molar-refractivity contribution in [3.05, 3.63) is 71.8 Å². The molecule has 0 fully saturated rings. The number of aryl methyl sites for hydroxylation is 1. The summed E-state index contributed by atoms with van der Waals surface area (Å²) < 4.78 is 5.97. The Labute approximate surface area is 211 Å². The predicted octanol–water partition coefficient (Wildman–Crippen LogP) is 0.597. The van der Waals surface area contributed by atoms with E-state index in [1.807, 2.05) is 48.5 Å². The summed E-state index contributed by atoms with van der Waals surface area (Å²) in [7, 11) is 0. The van der Waals surface area contributed by atoms with Crippen LogP contribution in [0.3, 0.4) is 0 Å². The second-order valence-electron chi connectivity index (χ2n) is 7.31. The third-order valence-electron chi connectivity index (χ3n) is 4.87. The van der Waals surface area contributed by atoms with Crippen LogP contribution < -0.4 is 39.4 Å². The van der Waals surface area contributed by atoms with E-state index in [1.165, 1.54) is 5.56 Å². The summed E-state index contributed by atoms with van der Waals surface area (Å²) in [5, 5.41) is 22.1. The number of hydrogen-bond donors (Lipinski definition) is 1. The smallest absolute Gasteiger partial charge is 0.550 e. The second kappa shape index (κ2) is 13.9. The van der Waals surface area contributed by atoms with Gasteiger partial charge in [-0.05, 0) is 43.4 Å². The molecule has 1 heterocycles. The van der Waals surface area contributed by atoms with Crippen molar-refractivity contribution >= 4 is 16.9 Å². The van der Waals surface area contributed by atoms with Crippen LogP contribution >= 0.6 is 0 Å². The third-order valence-corrected chi connectivity index (χ3v) is 4.87. The van der Waals surface area contributed by atoms with Crippen molar-refractivity contribution < 1.29 is 49.3 Å². The first-order valence-corrected chi connectivity index (χ1v) is 10.5. The number of nitrogens with zero attached hydrogens (tertiary/aromatic N) is 1. The first-order chi connectivity index (χ1) is 15.1. The standard InChI is InChI=1S/C26H27NO4.Na/c28-24(16-6-1-2-7-17-25(29)30)22-19-21-14-8-9-15-23(21)27-26(22)31-18-10-13-20-11-4-3-5-12-20;/h3-5,8-9,11-12,14-15,19,24,28H,2,7,10,13,16-18H2,(H,29,30);/q;+1/p-1. The normalized spacial score (nSPS) is 11.2. The third kappa shape index (κ3) is 8.29. The number of unbranched alkanes of at least 4 members (excludes halogenated alkanes) is 1. The van der Waals surface area contributed by atoms with Crippen molar-refractivity contribution in [3.63, 3.8) is 0 Å². The maximum Gasteiger partial charge on any atom is 1.00 e. The van der Waals surface area contributed by atoms with Gasteiger partial charge in [0.25, 0.3) is 0 Å². The Balaban J connectivity index is 0.00000363. The number of carbonyl (C=O) groups is 1. The van der Waals surface area contributed by atoms with Gasteiger partial charge in [0.2, 0.25) is 5.88 Å². The number of aliphatic hydroxyl groups excluding tert-OH is 1. The Hall–Kier alpha value is -2.36. The molecule has 1 unspecified atom stereocenters. The van der Waals surface area contributed by atoms with E-state index < -0.39 is 12.1 Å². The summed E-state index contributed by atoms with van der Waals surface area (Å²) in [6.07, 6.45) is 2.03. The van der Waals surface area contributed by atoms with Crippen molar-refractivity contribution in [2.45, 2.75) is 44.6 Å². The van der Waals surface area contributed by atoms with Gasteiger partial charge in [-0.15, -0.1) is 11.8 Å². The second-order valence-corrected chi connectivity index (χ2v) is 7.31. The minimum absolute atomic E-state index is 0. The molecule has 1 atom stereocenters. The number of rotatable bonds is 10. The number of para-hydroxylation sites is 1. The van der Waals surface area contributed by atoms with Gasteiger partial charge in [-0.1, -0.05) is 48.5 Å².